The van der Waals surface area contributed by atoms with Gasteiger partial charge in [-0.2, -0.15) is 0 Å². The SMILES string of the molecule is CC(C)(C)NC(=O)CCNc1ccncn1. The van der Waals surface area contributed by atoms with Crippen LogP contribution in [0.1, 0.15) is 27.2 Å². The number of hydrogen-bond acceptors (Lipinski definition) is 4. The van der Waals surface area contributed by atoms with Gasteiger partial charge in [0.25, 0.3) is 0 Å². The van der Waals surface area contributed by atoms with Crippen LogP contribution in [0.25, 0.3) is 0 Å². The summed E-state index contributed by atoms with van der Waals surface area (Å²) in [6, 6.07) is 1.77. The highest BCUT2D eigenvalue weighted by Gasteiger charge is 2.12. The molecule has 0 aliphatic rings. The van der Waals surface area contributed by atoms with Crippen molar-refractivity contribution in [3.63, 3.8) is 0 Å². The van der Waals surface area contributed by atoms with E-state index in [1.807, 2.05) is 20.8 Å². The van der Waals surface area contributed by atoms with Gasteiger partial charge in [-0.25, -0.2) is 9.97 Å². The summed E-state index contributed by atoms with van der Waals surface area (Å²) in [5, 5.41) is 5.94. The van der Waals surface area contributed by atoms with Crippen LogP contribution in [0, 0.1) is 0 Å². The minimum Gasteiger partial charge on any atom is -0.369 e. The molecule has 0 aliphatic carbocycles. The lowest BCUT2D eigenvalue weighted by atomic mass is 10.1. The van der Waals surface area contributed by atoms with Gasteiger partial charge in [0.2, 0.25) is 5.91 Å². The van der Waals surface area contributed by atoms with E-state index in [0.29, 0.717) is 13.0 Å². The smallest absolute Gasteiger partial charge is 0.222 e. The molecular formula is C11H18N4O. The maximum absolute atomic E-state index is 11.5. The number of hydrogen-bond donors (Lipinski definition) is 2. The normalized spacial score (nSPS) is 10.9. The second-order valence-electron chi connectivity index (χ2n) is 4.57. The van der Waals surface area contributed by atoms with Gasteiger partial charge in [0.05, 0.1) is 0 Å². The molecule has 1 aromatic heterocycles. The van der Waals surface area contributed by atoms with Gasteiger partial charge in [-0.1, -0.05) is 0 Å². The first-order valence-corrected chi connectivity index (χ1v) is 5.28. The molecule has 0 bridgehead atoms. The average molecular weight is 222 g/mol. The fourth-order valence-corrected chi connectivity index (χ4v) is 1.18. The molecule has 1 amide bonds. The lowest BCUT2D eigenvalue weighted by Gasteiger charge is -2.20. The molecule has 1 heterocycles. The minimum absolute atomic E-state index is 0.0362. The van der Waals surface area contributed by atoms with Crippen molar-refractivity contribution < 1.29 is 4.79 Å². The highest BCUT2D eigenvalue weighted by molar-refractivity contribution is 5.77. The molecule has 1 aromatic rings. The van der Waals surface area contributed by atoms with Gasteiger partial charge in [0.15, 0.2) is 0 Å². The number of rotatable bonds is 4. The van der Waals surface area contributed by atoms with E-state index in [4.69, 9.17) is 0 Å². The van der Waals surface area contributed by atoms with Crippen LogP contribution in [0.15, 0.2) is 18.6 Å². The van der Waals surface area contributed by atoms with Crippen molar-refractivity contribution in [1.29, 1.82) is 0 Å². The number of nitrogens with one attached hydrogen (secondary N) is 2. The molecule has 1 rings (SSSR count). The number of carbonyl (C=O) groups is 1. The van der Waals surface area contributed by atoms with E-state index < -0.39 is 0 Å². The molecular weight excluding hydrogens is 204 g/mol. The maximum Gasteiger partial charge on any atom is 0.222 e. The Kier molecular flexibility index (Phi) is 4.22. The topological polar surface area (TPSA) is 66.9 Å². The van der Waals surface area contributed by atoms with Gasteiger partial charge >= 0.3 is 0 Å². The van der Waals surface area contributed by atoms with Crippen LogP contribution >= 0.6 is 0 Å². The monoisotopic (exact) mass is 222 g/mol. The van der Waals surface area contributed by atoms with Gasteiger partial charge in [-0.05, 0) is 26.8 Å². The molecule has 2 N–H and O–H groups in total. The highest BCUT2D eigenvalue weighted by Crippen LogP contribution is 2.00. The molecule has 0 spiro atoms. The van der Waals surface area contributed by atoms with Crippen molar-refractivity contribution in [2.75, 3.05) is 11.9 Å². The Labute approximate surface area is 95.7 Å². The Balaban J connectivity index is 2.24. The summed E-state index contributed by atoms with van der Waals surface area (Å²) >= 11 is 0. The summed E-state index contributed by atoms with van der Waals surface area (Å²) in [6.07, 6.45) is 3.56. The van der Waals surface area contributed by atoms with Crippen LogP contribution < -0.4 is 10.6 Å². The molecule has 0 saturated carbocycles. The Morgan fingerprint density at radius 3 is 2.75 bits per heavy atom. The lowest BCUT2D eigenvalue weighted by Crippen LogP contribution is -2.41. The van der Waals surface area contributed by atoms with Crippen LogP contribution in [-0.4, -0.2) is 28.0 Å². The van der Waals surface area contributed by atoms with E-state index >= 15 is 0 Å². The third-order valence-electron chi connectivity index (χ3n) is 1.75. The lowest BCUT2D eigenvalue weighted by molar-refractivity contribution is -0.122. The average Bonchev–Trinajstić information content (AvgIpc) is 2.16. The summed E-state index contributed by atoms with van der Waals surface area (Å²) in [5.41, 5.74) is -0.175. The molecule has 0 aromatic carbocycles. The number of amides is 1. The summed E-state index contributed by atoms with van der Waals surface area (Å²) in [7, 11) is 0. The maximum atomic E-state index is 11.5. The zero-order valence-corrected chi connectivity index (χ0v) is 9.95. The van der Waals surface area contributed by atoms with Crippen molar-refractivity contribution >= 4 is 11.7 Å². The van der Waals surface area contributed by atoms with Crippen molar-refractivity contribution in [3.05, 3.63) is 18.6 Å². The molecule has 0 radical (unpaired) electrons. The van der Waals surface area contributed by atoms with E-state index in [2.05, 4.69) is 20.6 Å². The molecule has 5 nitrogen and oxygen atoms in total. The van der Waals surface area contributed by atoms with Crippen LogP contribution in [0.4, 0.5) is 5.82 Å². The van der Waals surface area contributed by atoms with Crippen molar-refractivity contribution in [2.24, 2.45) is 0 Å². The van der Waals surface area contributed by atoms with E-state index in [0.717, 1.165) is 5.82 Å². The van der Waals surface area contributed by atoms with Gasteiger partial charge in [-0.15, -0.1) is 0 Å². The second-order valence-corrected chi connectivity index (χ2v) is 4.57. The molecule has 0 fully saturated rings. The first-order valence-electron chi connectivity index (χ1n) is 5.28. The van der Waals surface area contributed by atoms with Crippen molar-refractivity contribution in [2.45, 2.75) is 32.7 Å². The van der Waals surface area contributed by atoms with Gasteiger partial charge in [-0.3, -0.25) is 4.79 Å². The van der Waals surface area contributed by atoms with Gasteiger partial charge in [0, 0.05) is 24.7 Å². The van der Waals surface area contributed by atoms with Gasteiger partial charge < -0.3 is 10.6 Å². The standard InChI is InChI=1S/C11H18N4O/c1-11(2,3)15-10(16)5-7-13-9-4-6-12-8-14-9/h4,6,8H,5,7H2,1-3H3,(H,15,16)(H,12,13,14). The highest BCUT2D eigenvalue weighted by atomic mass is 16.1. The van der Waals surface area contributed by atoms with Crippen LogP contribution in [0.5, 0.6) is 0 Å². The third-order valence-corrected chi connectivity index (χ3v) is 1.75. The van der Waals surface area contributed by atoms with Crippen LogP contribution in [-0.2, 0) is 4.79 Å². The first kappa shape index (κ1) is 12.4. The Hall–Kier alpha value is -1.65. The number of anilines is 1. The predicted molar refractivity (Wildman–Crippen MR) is 63.0 cm³/mol. The largest absolute Gasteiger partial charge is 0.369 e. The predicted octanol–water partition coefficient (Wildman–Crippen LogP) is 1.19. The van der Waals surface area contributed by atoms with E-state index in [-0.39, 0.29) is 11.4 Å². The number of nitrogens with zero attached hydrogens (tertiary/aromatic N) is 2. The van der Waals surface area contributed by atoms with E-state index in [1.54, 1.807) is 12.3 Å². The summed E-state index contributed by atoms with van der Waals surface area (Å²) in [6.45, 7) is 6.45. The van der Waals surface area contributed by atoms with E-state index in [1.165, 1.54) is 6.33 Å². The minimum atomic E-state index is -0.175. The van der Waals surface area contributed by atoms with E-state index in [9.17, 15) is 4.79 Å². The Bertz CT molecular complexity index is 332. The zero-order valence-electron chi connectivity index (χ0n) is 9.95. The Morgan fingerprint density at radius 1 is 1.44 bits per heavy atom. The molecule has 5 heteroatoms. The van der Waals surface area contributed by atoms with Crippen molar-refractivity contribution in [3.8, 4) is 0 Å². The Morgan fingerprint density at radius 2 is 2.19 bits per heavy atom. The molecule has 0 aliphatic heterocycles. The quantitative estimate of drug-likeness (QED) is 0.803. The number of carbonyl (C=O) groups excluding carboxylic acids is 1. The van der Waals surface area contributed by atoms with Gasteiger partial charge in [0.1, 0.15) is 12.1 Å². The van der Waals surface area contributed by atoms with Crippen LogP contribution in [0.3, 0.4) is 0 Å². The molecule has 88 valence electrons. The third kappa shape index (κ3) is 5.29. The molecule has 0 unspecified atom stereocenters. The molecule has 16 heavy (non-hydrogen) atoms. The first-order chi connectivity index (χ1) is 7.47. The molecule has 0 atom stereocenters. The fraction of sp³-hybridized carbons (Fsp3) is 0.545. The second kappa shape index (κ2) is 5.44. The summed E-state index contributed by atoms with van der Waals surface area (Å²) in [5.74, 6) is 0.771. The summed E-state index contributed by atoms with van der Waals surface area (Å²) < 4.78 is 0. The zero-order chi connectivity index (χ0) is 12.0. The van der Waals surface area contributed by atoms with Crippen LogP contribution in [0.2, 0.25) is 0 Å². The van der Waals surface area contributed by atoms with Crippen molar-refractivity contribution in [1.82, 2.24) is 15.3 Å². The fourth-order valence-electron chi connectivity index (χ4n) is 1.18. The number of aromatic nitrogens is 2. The molecule has 0 saturated heterocycles. The summed E-state index contributed by atoms with van der Waals surface area (Å²) in [4.78, 5) is 19.3.